The maximum atomic E-state index is 11.5. The minimum atomic E-state index is -0.765. The molecule has 0 aromatic heterocycles. The molecule has 0 unspecified atom stereocenters. The Labute approximate surface area is 91.8 Å². The van der Waals surface area contributed by atoms with E-state index in [-0.39, 0.29) is 12.6 Å². The van der Waals surface area contributed by atoms with Crippen molar-refractivity contribution in [3.8, 4) is 0 Å². The molecule has 1 aliphatic carbocycles. The number of ether oxygens (including phenoxy) is 1. The van der Waals surface area contributed by atoms with E-state index in [9.17, 15) is 9.90 Å². The second-order valence-corrected chi connectivity index (χ2v) is 5.61. The monoisotopic (exact) mass is 214 g/mol. The van der Waals surface area contributed by atoms with Gasteiger partial charge in [-0.25, -0.2) is 0 Å². The first-order chi connectivity index (χ1) is 6.83. The Bertz CT molecular complexity index is 222. The Morgan fingerprint density at radius 1 is 1.27 bits per heavy atom. The Morgan fingerprint density at radius 2 is 1.80 bits per heavy atom. The highest BCUT2D eigenvalue weighted by atomic mass is 16.5. The van der Waals surface area contributed by atoms with Crippen molar-refractivity contribution in [1.82, 2.24) is 0 Å². The molecule has 0 heterocycles. The van der Waals surface area contributed by atoms with Crippen molar-refractivity contribution in [1.29, 1.82) is 0 Å². The largest absolute Gasteiger partial charge is 0.462 e. The first kappa shape index (κ1) is 12.5. The van der Waals surface area contributed by atoms with Gasteiger partial charge in [-0.2, -0.15) is 0 Å². The Balaban J connectivity index is 2.38. The van der Waals surface area contributed by atoms with E-state index in [1.165, 1.54) is 6.42 Å². The lowest BCUT2D eigenvalue weighted by Crippen LogP contribution is -2.39. The molecule has 3 nitrogen and oxygen atoms in total. The van der Waals surface area contributed by atoms with E-state index in [0.717, 1.165) is 25.7 Å². The van der Waals surface area contributed by atoms with Crippen LogP contribution in [0.5, 0.6) is 0 Å². The van der Waals surface area contributed by atoms with Gasteiger partial charge in [-0.15, -0.1) is 0 Å². The summed E-state index contributed by atoms with van der Waals surface area (Å²) in [4.78, 5) is 11.5. The molecule has 0 amide bonds. The normalized spacial score (nSPS) is 21.1. The van der Waals surface area contributed by atoms with Gasteiger partial charge in [-0.05, 0) is 33.6 Å². The fourth-order valence-corrected chi connectivity index (χ4v) is 1.77. The summed E-state index contributed by atoms with van der Waals surface area (Å²) in [7, 11) is 0. The molecule has 1 fully saturated rings. The van der Waals surface area contributed by atoms with Gasteiger partial charge in [-0.3, -0.25) is 4.79 Å². The molecule has 0 aromatic rings. The van der Waals surface area contributed by atoms with Gasteiger partial charge in [0.05, 0.1) is 11.0 Å². The molecule has 0 spiro atoms. The molecule has 88 valence electrons. The standard InChI is InChI=1S/C12H22O3/c1-11(2,3)10(13)15-9-12(14)7-5-4-6-8-12/h14H,4-9H2,1-3H3. The van der Waals surface area contributed by atoms with Crippen LogP contribution >= 0.6 is 0 Å². The highest BCUT2D eigenvalue weighted by molar-refractivity contribution is 5.75. The van der Waals surface area contributed by atoms with Crippen LogP contribution in [-0.4, -0.2) is 23.3 Å². The summed E-state index contributed by atoms with van der Waals surface area (Å²) in [6, 6.07) is 0. The van der Waals surface area contributed by atoms with Crippen LogP contribution in [0.15, 0.2) is 0 Å². The van der Waals surface area contributed by atoms with Crippen molar-refractivity contribution in [2.75, 3.05) is 6.61 Å². The van der Waals surface area contributed by atoms with Crippen molar-refractivity contribution in [3.05, 3.63) is 0 Å². The smallest absolute Gasteiger partial charge is 0.311 e. The highest BCUT2D eigenvalue weighted by Crippen LogP contribution is 2.29. The van der Waals surface area contributed by atoms with E-state index in [2.05, 4.69) is 0 Å². The molecule has 0 saturated heterocycles. The predicted molar refractivity (Wildman–Crippen MR) is 58.4 cm³/mol. The summed E-state index contributed by atoms with van der Waals surface area (Å²) in [5.74, 6) is -0.235. The molecule has 0 bridgehead atoms. The maximum absolute atomic E-state index is 11.5. The van der Waals surface area contributed by atoms with E-state index >= 15 is 0 Å². The molecule has 0 aliphatic heterocycles. The third kappa shape index (κ3) is 3.82. The van der Waals surface area contributed by atoms with E-state index in [0.29, 0.717) is 0 Å². The van der Waals surface area contributed by atoms with Crippen LogP contribution in [0.1, 0.15) is 52.9 Å². The first-order valence-corrected chi connectivity index (χ1v) is 5.73. The van der Waals surface area contributed by atoms with Crippen molar-refractivity contribution >= 4 is 5.97 Å². The van der Waals surface area contributed by atoms with Gasteiger partial charge in [-0.1, -0.05) is 19.3 Å². The fourth-order valence-electron chi connectivity index (χ4n) is 1.77. The van der Waals surface area contributed by atoms with Crippen LogP contribution < -0.4 is 0 Å². The van der Waals surface area contributed by atoms with Crippen molar-refractivity contribution in [2.45, 2.75) is 58.5 Å². The lowest BCUT2D eigenvalue weighted by atomic mass is 9.85. The lowest BCUT2D eigenvalue weighted by molar-refractivity contribution is -0.162. The zero-order chi connectivity index (χ0) is 11.5. The average Bonchev–Trinajstić information content (AvgIpc) is 2.14. The third-order valence-corrected chi connectivity index (χ3v) is 2.87. The Hall–Kier alpha value is -0.570. The predicted octanol–water partition coefficient (Wildman–Crippen LogP) is 2.27. The van der Waals surface area contributed by atoms with Crippen molar-refractivity contribution in [2.24, 2.45) is 5.41 Å². The van der Waals surface area contributed by atoms with Gasteiger partial charge in [0.15, 0.2) is 0 Å². The van der Waals surface area contributed by atoms with Crippen molar-refractivity contribution in [3.63, 3.8) is 0 Å². The van der Waals surface area contributed by atoms with Gasteiger partial charge in [0.25, 0.3) is 0 Å². The number of carbonyl (C=O) groups is 1. The van der Waals surface area contributed by atoms with Crippen LogP contribution in [-0.2, 0) is 9.53 Å². The molecule has 1 saturated carbocycles. The Kier molecular flexibility index (Phi) is 3.77. The van der Waals surface area contributed by atoms with Crippen molar-refractivity contribution < 1.29 is 14.6 Å². The molecule has 0 radical (unpaired) electrons. The molecule has 1 N–H and O–H groups in total. The molecular formula is C12H22O3. The van der Waals surface area contributed by atoms with Crippen LogP contribution in [0.3, 0.4) is 0 Å². The molecule has 1 rings (SSSR count). The Morgan fingerprint density at radius 3 is 2.27 bits per heavy atom. The number of hydrogen-bond acceptors (Lipinski definition) is 3. The zero-order valence-electron chi connectivity index (χ0n) is 10.0. The van der Waals surface area contributed by atoms with Gasteiger partial charge in [0, 0.05) is 0 Å². The van der Waals surface area contributed by atoms with Crippen LogP contribution in [0, 0.1) is 5.41 Å². The van der Waals surface area contributed by atoms with Gasteiger partial charge >= 0.3 is 5.97 Å². The SMILES string of the molecule is CC(C)(C)C(=O)OCC1(O)CCCCC1. The minimum Gasteiger partial charge on any atom is -0.462 e. The van der Waals surface area contributed by atoms with Gasteiger partial charge in [0.2, 0.25) is 0 Å². The zero-order valence-corrected chi connectivity index (χ0v) is 10.0. The number of aliphatic hydroxyl groups is 1. The topological polar surface area (TPSA) is 46.5 Å². The van der Waals surface area contributed by atoms with E-state index in [4.69, 9.17) is 4.74 Å². The van der Waals surface area contributed by atoms with Crippen LogP contribution in [0.25, 0.3) is 0 Å². The van der Waals surface area contributed by atoms with E-state index in [1.807, 2.05) is 20.8 Å². The number of esters is 1. The highest BCUT2D eigenvalue weighted by Gasteiger charge is 2.32. The lowest BCUT2D eigenvalue weighted by Gasteiger charge is -2.32. The fraction of sp³-hybridized carbons (Fsp3) is 0.917. The summed E-state index contributed by atoms with van der Waals surface area (Å²) in [6.45, 7) is 5.61. The van der Waals surface area contributed by atoms with E-state index < -0.39 is 11.0 Å². The van der Waals surface area contributed by atoms with E-state index in [1.54, 1.807) is 0 Å². The molecule has 0 atom stereocenters. The van der Waals surface area contributed by atoms with Crippen LogP contribution in [0.4, 0.5) is 0 Å². The average molecular weight is 214 g/mol. The number of carbonyl (C=O) groups excluding carboxylic acids is 1. The summed E-state index contributed by atoms with van der Waals surface area (Å²) >= 11 is 0. The maximum Gasteiger partial charge on any atom is 0.311 e. The molecular weight excluding hydrogens is 192 g/mol. The summed E-state index contributed by atoms with van der Waals surface area (Å²) in [5, 5.41) is 10.1. The second kappa shape index (κ2) is 4.52. The second-order valence-electron chi connectivity index (χ2n) is 5.61. The molecule has 15 heavy (non-hydrogen) atoms. The third-order valence-electron chi connectivity index (χ3n) is 2.87. The summed E-state index contributed by atoms with van der Waals surface area (Å²) < 4.78 is 5.16. The summed E-state index contributed by atoms with van der Waals surface area (Å²) in [6.07, 6.45) is 4.75. The molecule has 3 heteroatoms. The van der Waals surface area contributed by atoms with Gasteiger partial charge in [0.1, 0.15) is 6.61 Å². The number of hydrogen-bond donors (Lipinski definition) is 1. The molecule has 1 aliphatic rings. The van der Waals surface area contributed by atoms with Crippen LogP contribution in [0.2, 0.25) is 0 Å². The number of rotatable bonds is 2. The first-order valence-electron chi connectivity index (χ1n) is 5.73. The molecule has 0 aromatic carbocycles. The van der Waals surface area contributed by atoms with Gasteiger partial charge < -0.3 is 9.84 Å². The quantitative estimate of drug-likeness (QED) is 0.717. The summed E-state index contributed by atoms with van der Waals surface area (Å²) in [5.41, 5.74) is -1.25. The minimum absolute atomic E-state index is 0.156.